The first-order valence-electron chi connectivity index (χ1n) is 6.57. The van der Waals surface area contributed by atoms with Crippen LogP contribution in [-0.4, -0.2) is 15.3 Å². The number of halogens is 1. The van der Waals surface area contributed by atoms with Crippen LogP contribution in [0.1, 0.15) is 21.7 Å². The number of benzene rings is 1. The average molecular weight is 300 g/mol. The van der Waals surface area contributed by atoms with E-state index in [2.05, 4.69) is 10.3 Å². The van der Waals surface area contributed by atoms with E-state index in [0.29, 0.717) is 22.1 Å². The quantitative estimate of drug-likeness (QED) is 0.781. The second-order valence-electron chi connectivity index (χ2n) is 4.89. The van der Waals surface area contributed by atoms with E-state index < -0.39 is 0 Å². The van der Waals surface area contributed by atoms with E-state index in [1.807, 2.05) is 36.6 Å². The zero-order valence-corrected chi connectivity index (χ0v) is 12.5. The third kappa shape index (κ3) is 2.50. The summed E-state index contributed by atoms with van der Waals surface area (Å²) in [5, 5.41) is 3.50. The molecule has 5 heteroatoms. The summed E-state index contributed by atoms with van der Waals surface area (Å²) in [6.07, 6.45) is 1.85. The first-order valence-corrected chi connectivity index (χ1v) is 6.95. The summed E-state index contributed by atoms with van der Waals surface area (Å²) in [5.74, 6) is -0.187. The van der Waals surface area contributed by atoms with Gasteiger partial charge in [0.1, 0.15) is 11.3 Å². The van der Waals surface area contributed by atoms with Crippen LogP contribution in [0.15, 0.2) is 42.6 Å². The number of carbonyl (C=O) groups excluding carboxylic acids is 1. The highest BCUT2D eigenvalue weighted by Gasteiger charge is 2.17. The summed E-state index contributed by atoms with van der Waals surface area (Å²) >= 11 is 5.84. The van der Waals surface area contributed by atoms with Crippen molar-refractivity contribution in [2.24, 2.45) is 0 Å². The molecule has 0 saturated heterocycles. The van der Waals surface area contributed by atoms with Gasteiger partial charge in [0.25, 0.3) is 5.91 Å². The number of nitrogens with zero attached hydrogens (tertiary/aromatic N) is 2. The van der Waals surface area contributed by atoms with E-state index in [0.717, 1.165) is 11.2 Å². The number of nitrogens with one attached hydrogen (secondary N) is 1. The number of rotatable bonds is 2. The number of fused-ring (bicyclic) bond motifs is 1. The van der Waals surface area contributed by atoms with Gasteiger partial charge in [0.15, 0.2) is 0 Å². The summed E-state index contributed by atoms with van der Waals surface area (Å²) in [4.78, 5) is 17.0. The Kier molecular flexibility index (Phi) is 3.39. The molecule has 1 amide bonds. The molecule has 0 radical (unpaired) electrons. The van der Waals surface area contributed by atoms with Gasteiger partial charge in [-0.25, -0.2) is 4.98 Å². The van der Waals surface area contributed by atoms with Crippen molar-refractivity contribution in [2.45, 2.75) is 13.8 Å². The lowest BCUT2D eigenvalue weighted by Gasteiger charge is -2.06. The smallest absolute Gasteiger partial charge is 0.274 e. The molecule has 4 nitrogen and oxygen atoms in total. The van der Waals surface area contributed by atoms with Gasteiger partial charge in [-0.05, 0) is 49.7 Å². The van der Waals surface area contributed by atoms with E-state index in [1.54, 1.807) is 24.3 Å². The van der Waals surface area contributed by atoms with E-state index in [9.17, 15) is 4.79 Å². The Morgan fingerprint density at radius 2 is 1.90 bits per heavy atom. The van der Waals surface area contributed by atoms with Crippen molar-refractivity contribution in [2.75, 3.05) is 5.32 Å². The minimum Gasteiger partial charge on any atom is -0.321 e. The number of aryl methyl sites for hydroxylation is 2. The minimum absolute atomic E-state index is 0.187. The van der Waals surface area contributed by atoms with Crippen LogP contribution in [0.4, 0.5) is 5.69 Å². The Balaban J connectivity index is 2.00. The van der Waals surface area contributed by atoms with E-state index in [4.69, 9.17) is 11.6 Å². The Hall–Kier alpha value is -2.33. The molecule has 1 N–H and O–H groups in total. The number of amides is 1. The van der Waals surface area contributed by atoms with Crippen molar-refractivity contribution in [3.8, 4) is 0 Å². The molecule has 0 spiro atoms. The molecule has 0 fully saturated rings. The van der Waals surface area contributed by atoms with Crippen LogP contribution in [0, 0.1) is 13.8 Å². The number of hydrogen-bond acceptors (Lipinski definition) is 2. The van der Waals surface area contributed by atoms with Crippen molar-refractivity contribution < 1.29 is 4.79 Å². The SMILES string of the molecule is Cc1nc2c(C)cccn2c1C(=O)Nc1ccc(Cl)cc1. The highest BCUT2D eigenvalue weighted by molar-refractivity contribution is 6.30. The molecule has 0 aliphatic heterocycles. The molecule has 0 atom stereocenters. The predicted octanol–water partition coefficient (Wildman–Crippen LogP) is 3.86. The second-order valence-corrected chi connectivity index (χ2v) is 5.33. The monoisotopic (exact) mass is 299 g/mol. The van der Waals surface area contributed by atoms with Gasteiger partial charge in [0.05, 0.1) is 5.69 Å². The molecule has 0 aliphatic carbocycles. The van der Waals surface area contributed by atoms with Crippen LogP contribution in [0.3, 0.4) is 0 Å². The second kappa shape index (κ2) is 5.22. The number of aromatic nitrogens is 2. The lowest BCUT2D eigenvalue weighted by molar-refractivity contribution is 0.102. The minimum atomic E-state index is -0.187. The van der Waals surface area contributed by atoms with Gasteiger partial charge in [0.2, 0.25) is 0 Å². The van der Waals surface area contributed by atoms with Gasteiger partial charge in [-0.2, -0.15) is 0 Å². The zero-order chi connectivity index (χ0) is 15.0. The molecule has 1 aromatic carbocycles. The molecule has 0 bridgehead atoms. The molecule has 21 heavy (non-hydrogen) atoms. The first-order chi connectivity index (χ1) is 10.1. The fraction of sp³-hybridized carbons (Fsp3) is 0.125. The summed E-state index contributed by atoms with van der Waals surface area (Å²) in [7, 11) is 0. The molecular weight excluding hydrogens is 286 g/mol. The van der Waals surface area contributed by atoms with Crippen molar-refractivity contribution >= 4 is 28.8 Å². The van der Waals surface area contributed by atoms with Gasteiger partial charge in [0, 0.05) is 16.9 Å². The fourth-order valence-electron chi connectivity index (χ4n) is 2.31. The van der Waals surface area contributed by atoms with Crippen LogP contribution < -0.4 is 5.32 Å². The van der Waals surface area contributed by atoms with Crippen molar-refractivity contribution in [1.29, 1.82) is 0 Å². The predicted molar refractivity (Wildman–Crippen MR) is 84.1 cm³/mol. The molecule has 2 aromatic heterocycles. The maximum Gasteiger partial charge on any atom is 0.274 e. The number of anilines is 1. The molecule has 0 aliphatic rings. The van der Waals surface area contributed by atoms with Crippen molar-refractivity contribution in [3.05, 3.63) is 64.6 Å². The Bertz CT molecular complexity index is 821. The lowest BCUT2D eigenvalue weighted by Crippen LogP contribution is -2.15. The van der Waals surface area contributed by atoms with Gasteiger partial charge >= 0.3 is 0 Å². The molecule has 0 unspecified atom stereocenters. The number of pyridine rings is 1. The van der Waals surface area contributed by atoms with E-state index in [1.165, 1.54) is 0 Å². The lowest BCUT2D eigenvalue weighted by atomic mass is 10.2. The zero-order valence-electron chi connectivity index (χ0n) is 11.7. The Labute approximate surface area is 127 Å². The van der Waals surface area contributed by atoms with E-state index in [-0.39, 0.29) is 5.91 Å². The van der Waals surface area contributed by atoms with Gasteiger partial charge in [-0.1, -0.05) is 17.7 Å². The Morgan fingerprint density at radius 3 is 2.62 bits per heavy atom. The Morgan fingerprint density at radius 1 is 1.19 bits per heavy atom. The third-order valence-corrected chi connectivity index (χ3v) is 3.59. The van der Waals surface area contributed by atoms with Crippen molar-refractivity contribution in [3.63, 3.8) is 0 Å². The summed E-state index contributed by atoms with van der Waals surface area (Å²) in [6, 6.07) is 10.9. The standard InChI is InChI=1S/C16H14ClN3O/c1-10-4-3-9-20-14(11(2)18-15(10)20)16(21)19-13-7-5-12(17)6-8-13/h3-9H,1-2H3,(H,19,21). The molecule has 106 valence electrons. The number of carbonyl (C=O) groups is 1. The van der Waals surface area contributed by atoms with Crippen LogP contribution in [-0.2, 0) is 0 Å². The summed E-state index contributed by atoms with van der Waals surface area (Å²) in [5.41, 5.74) is 3.79. The first kappa shape index (κ1) is 13.6. The van der Waals surface area contributed by atoms with Crippen LogP contribution in [0.2, 0.25) is 5.02 Å². The summed E-state index contributed by atoms with van der Waals surface area (Å²) < 4.78 is 1.82. The maximum atomic E-state index is 12.5. The van der Waals surface area contributed by atoms with Gasteiger partial charge in [-0.15, -0.1) is 0 Å². The highest BCUT2D eigenvalue weighted by Crippen LogP contribution is 2.18. The average Bonchev–Trinajstić information content (AvgIpc) is 2.79. The molecule has 2 heterocycles. The van der Waals surface area contributed by atoms with Gasteiger partial charge < -0.3 is 5.32 Å². The van der Waals surface area contributed by atoms with Crippen LogP contribution in [0.5, 0.6) is 0 Å². The van der Waals surface area contributed by atoms with Gasteiger partial charge in [-0.3, -0.25) is 9.20 Å². The summed E-state index contributed by atoms with van der Waals surface area (Å²) in [6.45, 7) is 3.81. The third-order valence-electron chi connectivity index (χ3n) is 3.34. The molecule has 3 aromatic rings. The van der Waals surface area contributed by atoms with E-state index >= 15 is 0 Å². The van der Waals surface area contributed by atoms with Crippen molar-refractivity contribution in [1.82, 2.24) is 9.38 Å². The number of imidazole rings is 1. The largest absolute Gasteiger partial charge is 0.321 e. The topological polar surface area (TPSA) is 46.4 Å². The molecule has 0 saturated carbocycles. The fourth-order valence-corrected chi connectivity index (χ4v) is 2.44. The normalized spacial score (nSPS) is 10.8. The van der Waals surface area contributed by atoms with Crippen LogP contribution in [0.25, 0.3) is 5.65 Å². The molecule has 3 rings (SSSR count). The maximum absolute atomic E-state index is 12.5. The highest BCUT2D eigenvalue weighted by atomic mass is 35.5. The van der Waals surface area contributed by atoms with Crippen LogP contribution >= 0.6 is 11.6 Å². The number of hydrogen-bond donors (Lipinski definition) is 1. The molecular formula is C16H14ClN3O.